The molecule has 0 atom stereocenters. The van der Waals surface area contributed by atoms with Crippen LogP contribution >= 0.6 is 0 Å². The van der Waals surface area contributed by atoms with Gasteiger partial charge in [0.15, 0.2) is 0 Å². The Balaban J connectivity index is 1.80. The average Bonchev–Trinajstić information content (AvgIpc) is 2.67. The summed E-state index contributed by atoms with van der Waals surface area (Å²) in [6.45, 7) is 2.25. The molecule has 1 aliphatic rings. The van der Waals surface area contributed by atoms with Crippen LogP contribution < -0.4 is 14.4 Å². The molecule has 4 nitrogen and oxygen atoms in total. The number of methoxy groups -OCH3 is 2. The molecule has 3 rings (SSSR count). The van der Waals surface area contributed by atoms with Crippen LogP contribution in [0.25, 0.3) is 0 Å². The third-order valence-electron chi connectivity index (χ3n) is 4.34. The molecule has 2 aromatic carbocycles. The molecule has 0 bridgehead atoms. The summed E-state index contributed by atoms with van der Waals surface area (Å²) in [7, 11) is 3.36. The van der Waals surface area contributed by atoms with Crippen molar-refractivity contribution in [2.24, 2.45) is 4.99 Å². The lowest BCUT2D eigenvalue weighted by molar-refractivity contribution is 0.414. The van der Waals surface area contributed by atoms with E-state index in [1.54, 1.807) is 14.2 Å². The Bertz CT molecular complexity index is 707. The number of nitrogens with zero attached hydrogens (tertiary/aromatic N) is 2. The molecule has 4 heteroatoms. The fourth-order valence-electron chi connectivity index (χ4n) is 2.99. The summed E-state index contributed by atoms with van der Waals surface area (Å²) in [5.41, 5.74) is 3.06. The lowest BCUT2D eigenvalue weighted by Crippen LogP contribution is -2.29. The highest BCUT2D eigenvalue weighted by atomic mass is 16.5. The molecule has 0 unspecified atom stereocenters. The van der Waals surface area contributed by atoms with Gasteiger partial charge in [0.05, 0.1) is 19.9 Å². The minimum atomic E-state index is 0.803. The summed E-state index contributed by atoms with van der Waals surface area (Å²) < 4.78 is 10.8. The number of piperidine rings is 1. The van der Waals surface area contributed by atoms with Crippen molar-refractivity contribution in [3.05, 3.63) is 48.0 Å². The van der Waals surface area contributed by atoms with Gasteiger partial charge >= 0.3 is 0 Å². The fraction of sp³-hybridized carbons (Fsp3) is 0.350. The van der Waals surface area contributed by atoms with Gasteiger partial charge in [-0.25, -0.2) is 0 Å². The van der Waals surface area contributed by atoms with E-state index in [2.05, 4.69) is 28.1 Å². The number of benzene rings is 2. The summed E-state index contributed by atoms with van der Waals surface area (Å²) in [6.07, 6.45) is 5.70. The van der Waals surface area contributed by atoms with Crippen LogP contribution in [0.15, 0.2) is 47.5 Å². The van der Waals surface area contributed by atoms with E-state index in [0.717, 1.165) is 35.8 Å². The second-order valence-electron chi connectivity index (χ2n) is 5.93. The molecule has 1 saturated heterocycles. The van der Waals surface area contributed by atoms with Crippen molar-refractivity contribution in [1.82, 2.24) is 0 Å². The molecule has 24 heavy (non-hydrogen) atoms. The first-order chi connectivity index (χ1) is 11.8. The van der Waals surface area contributed by atoms with E-state index in [9.17, 15) is 0 Å². The van der Waals surface area contributed by atoms with Crippen molar-refractivity contribution >= 4 is 17.6 Å². The smallest absolute Gasteiger partial charge is 0.129 e. The van der Waals surface area contributed by atoms with Gasteiger partial charge < -0.3 is 14.4 Å². The van der Waals surface area contributed by atoms with Gasteiger partial charge in [0, 0.05) is 42.7 Å². The number of anilines is 1. The minimum absolute atomic E-state index is 0.803. The molecule has 1 heterocycles. The summed E-state index contributed by atoms with van der Waals surface area (Å²) in [5.74, 6) is 1.65. The van der Waals surface area contributed by atoms with Crippen molar-refractivity contribution in [2.75, 3.05) is 32.2 Å². The van der Waals surface area contributed by atoms with E-state index in [4.69, 9.17) is 9.47 Å². The Labute approximate surface area is 143 Å². The topological polar surface area (TPSA) is 34.1 Å². The first-order valence-electron chi connectivity index (χ1n) is 8.41. The largest absolute Gasteiger partial charge is 0.497 e. The Morgan fingerprint density at radius 3 is 2.54 bits per heavy atom. The average molecular weight is 324 g/mol. The molecule has 0 aromatic heterocycles. The van der Waals surface area contributed by atoms with Gasteiger partial charge in [-0.3, -0.25) is 4.99 Å². The third-order valence-corrected chi connectivity index (χ3v) is 4.34. The predicted octanol–water partition coefficient (Wildman–Crippen LogP) is 4.44. The van der Waals surface area contributed by atoms with E-state index in [1.165, 1.54) is 24.9 Å². The summed E-state index contributed by atoms with van der Waals surface area (Å²) in [4.78, 5) is 6.96. The van der Waals surface area contributed by atoms with Crippen molar-refractivity contribution in [1.29, 1.82) is 0 Å². The maximum Gasteiger partial charge on any atom is 0.129 e. The fourth-order valence-corrected chi connectivity index (χ4v) is 2.99. The van der Waals surface area contributed by atoms with E-state index in [-0.39, 0.29) is 0 Å². The second kappa shape index (κ2) is 7.86. The summed E-state index contributed by atoms with van der Waals surface area (Å²) >= 11 is 0. The number of hydrogen-bond acceptors (Lipinski definition) is 4. The van der Waals surface area contributed by atoms with E-state index in [0.29, 0.717) is 0 Å². The second-order valence-corrected chi connectivity index (χ2v) is 5.93. The zero-order valence-electron chi connectivity index (χ0n) is 14.4. The first-order valence-corrected chi connectivity index (χ1v) is 8.41. The van der Waals surface area contributed by atoms with Gasteiger partial charge in [0.1, 0.15) is 11.5 Å². The van der Waals surface area contributed by atoms with Crippen LogP contribution in [0.1, 0.15) is 24.8 Å². The van der Waals surface area contributed by atoms with Crippen LogP contribution in [0.3, 0.4) is 0 Å². The third kappa shape index (κ3) is 3.88. The molecule has 0 spiro atoms. The predicted molar refractivity (Wildman–Crippen MR) is 99.3 cm³/mol. The zero-order valence-corrected chi connectivity index (χ0v) is 14.4. The van der Waals surface area contributed by atoms with Gasteiger partial charge in [-0.2, -0.15) is 0 Å². The molecule has 0 saturated carbocycles. The monoisotopic (exact) mass is 324 g/mol. The Kier molecular flexibility index (Phi) is 5.36. The molecule has 0 N–H and O–H groups in total. The number of aliphatic imine (C=N–C) groups is 1. The van der Waals surface area contributed by atoms with Crippen LogP contribution in [0, 0.1) is 0 Å². The zero-order chi connectivity index (χ0) is 16.8. The summed E-state index contributed by atoms with van der Waals surface area (Å²) in [5, 5.41) is 0. The van der Waals surface area contributed by atoms with E-state index < -0.39 is 0 Å². The highest BCUT2D eigenvalue weighted by Gasteiger charge is 2.12. The van der Waals surface area contributed by atoms with Gasteiger partial charge in [-0.05, 0) is 43.5 Å². The van der Waals surface area contributed by atoms with Crippen LogP contribution in [-0.4, -0.2) is 33.5 Å². The standard InChI is InChI=1S/C20H24N2O2/c1-23-19-8-6-7-17(13-19)21-15-16-9-10-18(14-20(16)24-2)22-11-4-3-5-12-22/h6-10,13-15H,3-5,11-12H2,1-2H3. The van der Waals surface area contributed by atoms with Crippen LogP contribution in [-0.2, 0) is 0 Å². The molecular formula is C20H24N2O2. The number of ether oxygens (including phenoxy) is 2. The molecule has 1 aliphatic heterocycles. The number of rotatable bonds is 5. The maximum atomic E-state index is 5.57. The highest BCUT2D eigenvalue weighted by Crippen LogP contribution is 2.27. The van der Waals surface area contributed by atoms with Gasteiger partial charge in [-0.1, -0.05) is 6.07 Å². The molecule has 1 fully saturated rings. The van der Waals surface area contributed by atoms with E-state index in [1.807, 2.05) is 30.5 Å². The summed E-state index contributed by atoms with van der Waals surface area (Å²) in [6, 6.07) is 14.0. The normalized spacial score (nSPS) is 14.8. The van der Waals surface area contributed by atoms with Gasteiger partial charge in [0.25, 0.3) is 0 Å². The molecule has 0 radical (unpaired) electrons. The van der Waals surface area contributed by atoms with Crippen molar-refractivity contribution in [2.45, 2.75) is 19.3 Å². The molecule has 126 valence electrons. The molecular weight excluding hydrogens is 300 g/mol. The SMILES string of the molecule is COc1cccc(N=Cc2ccc(N3CCCCC3)cc2OC)c1. The Hall–Kier alpha value is -2.49. The van der Waals surface area contributed by atoms with Gasteiger partial charge in [0.2, 0.25) is 0 Å². The highest BCUT2D eigenvalue weighted by molar-refractivity contribution is 5.86. The molecule has 0 amide bonds. The van der Waals surface area contributed by atoms with Crippen molar-refractivity contribution in [3.63, 3.8) is 0 Å². The minimum Gasteiger partial charge on any atom is -0.497 e. The molecule has 0 aliphatic carbocycles. The Morgan fingerprint density at radius 1 is 0.958 bits per heavy atom. The van der Waals surface area contributed by atoms with E-state index >= 15 is 0 Å². The van der Waals surface area contributed by atoms with Crippen LogP contribution in [0.2, 0.25) is 0 Å². The Morgan fingerprint density at radius 2 is 1.79 bits per heavy atom. The van der Waals surface area contributed by atoms with Crippen molar-refractivity contribution < 1.29 is 9.47 Å². The lowest BCUT2D eigenvalue weighted by Gasteiger charge is -2.29. The molecule has 2 aromatic rings. The van der Waals surface area contributed by atoms with Crippen molar-refractivity contribution in [3.8, 4) is 11.5 Å². The maximum absolute atomic E-state index is 5.57. The quantitative estimate of drug-likeness (QED) is 0.762. The number of hydrogen-bond donors (Lipinski definition) is 0. The van der Waals surface area contributed by atoms with Crippen LogP contribution in [0.4, 0.5) is 11.4 Å². The van der Waals surface area contributed by atoms with Crippen LogP contribution in [0.5, 0.6) is 11.5 Å². The van der Waals surface area contributed by atoms with Gasteiger partial charge in [-0.15, -0.1) is 0 Å². The first kappa shape index (κ1) is 16.4. The lowest BCUT2D eigenvalue weighted by atomic mass is 10.1.